The molecule has 8 heteroatoms. The van der Waals surface area contributed by atoms with Gasteiger partial charge in [-0.3, -0.25) is 0 Å². The Morgan fingerprint density at radius 2 is 1.83 bits per heavy atom. The Morgan fingerprint density at radius 3 is 2.43 bits per heavy atom. The largest absolute Gasteiger partial charge is 0.353 e. The first-order chi connectivity index (χ1) is 14.3. The fourth-order valence-corrected chi connectivity index (χ4v) is 4.32. The predicted molar refractivity (Wildman–Crippen MR) is 121 cm³/mol. The van der Waals surface area contributed by atoms with Gasteiger partial charge in [-0.25, -0.2) is 14.8 Å². The Bertz CT molecular complexity index is 953. The number of halogens is 2. The van der Waals surface area contributed by atoms with Crippen LogP contribution < -0.4 is 4.90 Å². The van der Waals surface area contributed by atoms with E-state index < -0.39 is 0 Å². The first-order valence-corrected chi connectivity index (χ1v) is 11.1. The lowest BCUT2D eigenvalue weighted by atomic mass is 10.0. The van der Waals surface area contributed by atoms with Crippen molar-refractivity contribution in [3.05, 3.63) is 50.9 Å². The summed E-state index contributed by atoms with van der Waals surface area (Å²) in [5, 5.41) is 1.28. The van der Waals surface area contributed by atoms with E-state index in [-0.39, 0.29) is 6.03 Å². The highest BCUT2D eigenvalue weighted by Gasteiger charge is 2.31. The van der Waals surface area contributed by atoms with Crippen LogP contribution in [0, 0.1) is 6.92 Å². The number of piperazine rings is 1. The van der Waals surface area contributed by atoms with E-state index in [0.717, 1.165) is 54.4 Å². The van der Waals surface area contributed by atoms with Gasteiger partial charge in [-0.2, -0.15) is 0 Å². The summed E-state index contributed by atoms with van der Waals surface area (Å²) in [5.41, 5.74) is 3.10. The summed E-state index contributed by atoms with van der Waals surface area (Å²) < 4.78 is 0. The van der Waals surface area contributed by atoms with E-state index in [4.69, 9.17) is 33.2 Å². The molecule has 1 saturated heterocycles. The number of carbonyl (C=O) groups excluding carboxylic acids is 1. The Labute approximate surface area is 187 Å². The molecule has 0 bridgehead atoms. The molecule has 1 aromatic heterocycles. The van der Waals surface area contributed by atoms with Crippen LogP contribution in [0.3, 0.4) is 0 Å². The molecule has 0 spiro atoms. The minimum absolute atomic E-state index is 0.0559. The number of aryl methyl sites for hydroxylation is 1. The van der Waals surface area contributed by atoms with Crippen LogP contribution in [0.1, 0.15) is 41.4 Å². The minimum atomic E-state index is 0.0559. The molecule has 2 amide bonds. The Balaban J connectivity index is 1.63. The Morgan fingerprint density at radius 1 is 1.13 bits per heavy atom. The Hall–Kier alpha value is -2.05. The van der Waals surface area contributed by atoms with Gasteiger partial charge >= 0.3 is 6.03 Å². The third-order valence-electron chi connectivity index (χ3n) is 5.77. The van der Waals surface area contributed by atoms with Crippen molar-refractivity contribution in [2.24, 2.45) is 0 Å². The molecule has 2 fully saturated rings. The van der Waals surface area contributed by atoms with Gasteiger partial charge in [-0.1, -0.05) is 29.3 Å². The Kier molecular flexibility index (Phi) is 6.07. The number of benzene rings is 1. The lowest BCUT2D eigenvalue weighted by Crippen LogP contribution is -2.52. The number of urea groups is 1. The van der Waals surface area contributed by atoms with Crippen molar-refractivity contribution in [3.8, 4) is 0 Å². The highest BCUT2D eigenvalue weighted by atomic mass is 35.5. The van der Waals surface area contributed by atoms with Crippen molar-refractivity contribution in [2.75, 3.05) is 45.2 Å². The third-order valence-corrected chi connectivity index (χ3v) is 6.35. The number of rotatable bonds is 4. The predicted octanol–water partition coefficient (Wildman–Crippen LogP) is 4.36. The second-order valence-corrected chi connectivity index (χ2v) is 9.15. The zero-order valence-electron chi connectivity index (χ0n) is 17.7. The molecule has 1 aliphatic carbocycles. The summed E-state index contributed by atoms with van der Waals surface area (Å²) in [7, 11) is 3.58. The summed E-state index contributed by atoms with van der Waals surface area (Å²) in [5.74, 6) is 2.40. The van der Waals surface area contributed by atoms with Crippen molar-refractivity contribution in [2.45, 2.75) is 32.1 Å². The molecule has 4 rings (SSSR count). The number of carbonyl (C=O) groups is 1. The highest BCUT2D eigenvalue weighted by molar-refractivity contribution is 6.35. The van der Waals surface area contributed by atoms with Crippen LogP contribution in [0.25, 0.3) is 0 Å². The van der Waals surface area contributed by atoms with Crippen LogP contribution in [0.2, 0.25) is 10.0 Å². The molecule has 160 valence electrons. The van der Waals surface area contributed by atoms with Crippen molar-refractivity contribution >= 4 is 35.1 Å². The number of nitrogens with zero attached hydrogens (tertiary/aromatic N) is 5. The van der Waals surface area contributed by atoms with Crippen LogP contribution in [0.5, 0.6) is 0 Å². The molecular weight excluding hydrogens is 421 g/mol. The van der Waals surface area contributed by atoms with Gasteiger partial charge in [0, 0.05) is 73.9 Å². The molecular formula is C22H27Cl2N5O. The molecule has 0 N–H and O–H groups in total. The average molecular weight is 448 g/mol. The van der Waals surface area contributed by atoms with Gasteiger partial charge in [0.05, 0.1) is 0 Å². The first-order valence-electron chi connectivity index (χ1n) is 10.4. The van der Waals surface area contributed by atoms with Crippen molar-refractivity contribution in [3.63, 3.8) is 0 Å². The zero-order valence-corrected chi connectivity index (χ0v) is 19.2. The van der Waals surface area contributed by atoms with Gasteiger partial charge in [0.25, 0.3) is 0 Å². The molecule has 30 heavy (non-hydrogen) atoms. The maximum absolute atomic E-state index is 12.3. The molecule has 1 aliphatic heterocycles. The van der Waals surface area contributed by atoms with Gasteiger partial charge in [0.1, 0.15) is 11.6 Å². The lowest BCUT2D eigenvalue weighted by Gasteiger charge is -2.37. The highest BCUT2D eigenvalue weighted by Crippen LogP contribution is 2.40. The second-order valence-electron chi connectivity index (χ2n) is 8.31. The summed E-state index contributed by atoms with van der Waals surface area (Å²) in [6, 6.07) is 5.66. The van der Waals surface area contributed by atoms with E-state index in [0.29, 0.717) is 35.5 Å². The molecule has 2 aliphatic rings. The third kappa shape index (κ3) is 4.49. The normalized spacial score (nSPS) is 16.7. The van der Waals surface area contributed by atoms with Crippen molar-refractivity contribution in [1.29, 1.82) is 0 Å². The van der Waals surface area contributed by atoms with E-state index in [1.807, 2.05) is 17.0 Å². The molecule has 2 heterocycles. The molecule has 2 aromatic rings. The molecule has 0 atom stereocenters. The number of hydrogen-bond acceptors (Lipinski definition) is 4. The summed E-state index contributed by atoms with van der Waals surface area (Å²) in [6.07, 6.45) is 2.97. The average Bonchev–Trinajstić information content (AvgIpc) is 3.56. The molecule has 1 saturated carbocycles. The van der Waals surface area contributed by atoms with Crippen LogP contribution >= 0.6 is 23.2 Å². The molecule has 0 unspecified atom stereocenters. The number of amides is 2. The van der Waals surface area contributed by atoms with Crippen LogP contribution in [0.15, 0.2) is 18.2 Å². The van der Waals surface area contributed by atoms with Gasteiger partial charge in [0.2, 0.25) is 0 Å². The van der Waals surface area contributed by atoms with Gasteiger partial charge in [-0.05, 0) is 37.5 Å². The lowest BCUT2D eigenvalue weighted by molar-refractivity contribution is 0.168. The van der Waals surface area contributed by atoms with Crippen LogP contribution in [0.4, 0.5) is 10.6 Å². The topological polar surface area (TPSA) is 52.6 Å². The van der Waals surface area contributed by atoms with Crippen LogP contribution in [-0.4, -0.2) is 66.1 Å². The summed E-state index contributed by atoms with van der Waals surface area (Å²) in [4.78, 5) is 27.9. The first kappa shape index (κ1) is 21.2. The van der Waals surface area contributed by atoms with E-state index in [9.17, 15) is 4.79 Å². The number of hydrogen-bond donors (Lipinski definition) is 0. The second kappa shape index (κ2) is 8.60. The number of anilines is 1. The van der Waals surface area contributed by atoms with Gasteiger partial charge < -0.3 is 14.7 Å². The van der Waals surface area contributed by atoms with Crippen LogP contribution in [-0.2, 0) is 6.42 Å². The monoisotopic (exact) mass is 447 g/mol. The minimum Gasteiger partial charge on any atom is -0.353 e. The SMILES string of the molecule is Cc1nc(C2CC2)nc(N2CCN(C(=O)N(C)C)CC2)c1Cc1ccc(Cl)cc1Cl. The van der Waals surface area contributed by atoms with E-state index in [2.05, 4.69) is 11.8 Å². The van der Waals surface area contributed by atoms with Crippen molar-refractivity contribution in [1.82, 2.24) is 19.8 Å². The van der Waals surface area contributed by atoms with E-state index >= 15 is 0 Å². The zero-order chi connectivity index (χ0) is 21.4. The van der Waals surface area contributed by atoms with E-state index in [1.54, 1.807) is 25.1 Å². The summed E-state index contributed by atoms with van der Waals surface area (Å²) >= 11 is 12.5. The number of aromatic nitrogens is 2. The van der Waals surface area contributed by atoms with Gasteiger partial charge in [0.15, 0.2) is 0 Å². The van der Waals surface area contributed by atoms with E-state index in [1.165, 1.54) is 0 Å². The molecule has 0 radical (unpaired) electrons. The quantitative estimate of drug-likeness (QED) is 0.698. The maximum Gasteiger partial charge on any atom is 0.319 e. The maximum atomic E-state index is 12.3. The fraction of sp³-hybridized carbons (Fsp3) is 0.500. The fourth-order valence-electron chi connectivity index (χ4n) is 3.84. The van der Waals surface area contributed by atoms with Crippen molar-refractivity contribution < 1.29 is 4.79 Å². The summed E-state index contributed by atoms with van der Waals surface area (Å²) in [6.45, 7) is 4.92. The molecule has 6 nitrogen and oxygen atoms in total. The smallest absolute Gasteiger partial charge is 0.319 e. The van der Waals surface area contributed by atoms with Gasteiger partial charge in [-0.15, -0.1) is 0 Å². The standard InChI is InChI=1S/C22H27Cl2N5O/c1-14-18(12-16-6-7-17(23)13-19(16)24)21(26-20(25-14)15-4-5-15)28-8-10-29(11-9-28)22(30)27(2)3/h6-7,13,15H,4-5,8-12H2,1-3H3. The molecule has 1 aromatic carbocycles.